The standard InChI is InChI=1S/C24H18F6N6O/c25-23(26,27)16-5-3-4-15(14-16)19-8-9-31-21-32-22(33-36(19)21)35-12-10-34(11-13-35)20(37)17-6-1-2-7-18(17)24(28,29)30/h1-9,14H,10-13H2. The molecule has 0 N–H and O–H groups in total. The molecule has 0 spiro atoms. The Balaban J connectivity index is 1.36. The zero-order chi connectivity index (χ0) is 26.4. The first-order valence-electron chi connectivity index (χ1n) is 11.1. The molecule has 1 aliphatic rings. The molecule has 0 bridgehead atoms. The van der Waals surface area contributed by atoms with Gasteiger partial charge in [-0.15, -0.1) is 5.10 Å². The monoisotopic (exact) mass is 520 g/mol. The third-order valence-corrected chi connectivity index (χ3v) is 6.03. The number of carbonyl (C=O) groups is 1. The quantitative estimate of drug-likeness (QED) is 0.364. The van der Waals surface area contributed by atoms with Gasteiger partial charge in [0.15, 0.2) is 0 Å². The minimum atomic E-state index is -4.65. The van der Waals surface area contributed by atoms with E-state index < -0.39 is 35.0 Å². The molecule has 37 heavy (non-hydrogen) atoms. The van der Waals surface area contributed by atoms with Gasteiger partial charge in [0, 0.05) is 37.9 Å². The Bertz CT molecular complexity index is 1460. The summed E-state index contributed by atoms with van der Waals surface area (Å²) in [5, 5.41) is 4.41. The van der Waals surface area contributed by atoms with Crippen molar-refractivity contribution >= 4 is 17.6 Å². The van der Waals surface area contributed by atoms with Crippen LogP contribution in [0.5, 0.6) is 0 Å². The topological polar surface area (TPSA) is 66.6 Å². The molecule has 3 heterocycles. The van der Waals surface area contributed by atoms with Crippen LogP contribution < -0.4 is 4.90 Å². The van der Waals surface area contributed by atoms with E-state index >= 15 is 0 Å². The molecule has 1 aliphatic heterocycles. The smallest absolute Gasteiger partial charge is 0.336 e. The lowest BCUT2D eigenvalue weighted by molar-refractivity contribution is -0.138. The summed E-state index contributed by atoms with van der Waals surface area (Å²) in [6.45, 7) is 0.758. The fourth-order valence-electron chi connectivity index (χ4n) is 4.19. The van der Waals surface area contributed by atoms with E-state index in [0.717, 1.165) is 24.3 Å². The van der Waals surface area contributed by atoms with E-state index in [4.69, 9.17) is 0 Å². The van der Waals surface area contributed by atoms with E-state index in [1.807, 2.05) is 0 Å². The molecule has 1 saturated heterocycles. The number of hydrogen-bond donors (Lipinski definition) is 0. The summed E-state index contributed by atoms with van der Waals surface area (Å²) >= 11 is 0. The van der Waals surface area contributed by atoms with Gasteiger partial charge in [0.1, 0.15) is 0 Å². The second-order valence-electron chi connectivity index (χ2n) is 8.35. The number of fused-ring (bicyclic) bond motifs is 1. The van der Waals surface area contributed by atoms with Gasteiger partial charge in [0.05, 0.1) is 22.4 Å². The maximum atomic E-state index is 13.3. The summed E-state index contributed by atoms with van der Waals surface area (Å²) in [6, 6.07) is 11.0. The summed E-state index contributed by atoms with van der Waals surface area (Å²) < 4.78 is 80.9. The van der Waals surface area contributed by atoms with Crippen LogP contribution in [0.25, 0.3) is 17.0 Å². The highest BCUT2D eigenvalue weighted by atomic mass is 19.4. The van der Waals surface area contributed by atoms with Gasteiger partial charge in [0.25, 0.3) is 11.7 Å². The highest BCUT2D eigenvalue weighted by molar-refractivity contribution is 5.96. The van der Waals surface area contributed by atoms with E-state index in [9.17, 15) is 31.1 Å². The zero-order valence-corrected chi connectivity index (χ0v) is 19.0. The molecule has 4 aromatic rings. The lowest BCUT2D eigenvalue weighted by atomic mass is 10.1. The van der Waals surface area contributed by atoms with Gasteiger partial charge in [-0.1, -0.05) is 24.3 Å². The van der Waals surface area contributed by atoms with Crippen molar-refractivity contribution in [2.75, 3.05) is 31.1 Å². The fraction of sp³-hybridized carbons (Fsp3) is 0.250. The van der Waals surface area contributed by atoms with Crippen LogP contribution in [-0.4, -0.2) is 56.6 Å². The Kier molecular flexibility index (Phi) is 6.00. The first-order valence-corrected chi connectivity index (χ1v) is 11.1. The highest BCUT2D eigenvalue weighted by Gasteiger charge is 2.36. The number of anilines is 1. The van der Waals surface area contributed by atoms with Crippen LogP contribution in [0.15, 0.2) is 60.8 Å². The molecule has 1 fully saturated rings. The Morgan fingerprint density at radius 3 is 2.27 bits per heavy atom. The molecule has 192 valence electrons. The SMILES string of the molecule is O=C(c1ccccc1C(F)(F)F)N1CCN(c2nc3nccc(-c4cccc(C(F)(F)F)c4)n3n2)CC1. The van der Waals surface area contributed by atoms with Gasteiger partial charge in [-0.05, 0) is 30.3 Å². The van der Waals surface area contributed by atoms with Crippen molar-refractivity contribution in [1.29, 1.82) is 0 Å². The molecule has 7 nitrogen and oxygen atoms in total. The van der Waals surface area contributed by atoms with Gasteiger partial charge in [-0.25, -0.2) is 4.98 Å². The van der Waals surface area contributed by atoms with E-state index in [1.165, 1.54) is 45.9 Å². The zero-order valence-electron chi connectivity index (χ0n) is 19.0. The van der Waals surface area contributed by atoms with Crippen molar-refractivity contribution in [3.05, 3.63) is 77.5 Å². The molecule has 2 aromatic heterocycles. The van der Waals surface area contributed by atoms with Gasteiger partial charge < -0.3 is 9.80 Å². The number of nitrogens with zero attached hydrogens (tertiary/aromatic N) is 6. The van der Waals surface area contributed by atoms with Gasteiger partial charge in [-0.3, -0.25) is 4.79 Å². The Morgan fingerprint density at radius 2 is 1.57 bits per heavy atom. The van der Waals surface area contributed by atoms with Crippen molar-refractivity contribution in [3.8, 4) is 11.3 Å². The van der Waals surface area contributed by atoms with Crippen LogP contribution in [-0.2, 0) is 12.4 Å². The van der Waals surface area contributed by atoms with Crippen LogP contribution in [0.4, 0.5) is 32.3 Å². The van der Waals surface area contributed by atoms with Gasteiger partial charge in [-0.2, -0.15) is 35.8 Å². The second kappa shape index (κ2) is 9.05. The Labute approximate surface area is 206 Å². The van der Waals surface area contributed by atoms with Crippen LogP contribution in [0.2, 0.25) is 0 Å². The van der Waals surface area contributed by atoms with Crippen LogP contribution in [0.3, 0.4) is 0 Å². The minimum Gasteiger partial charge on any atom is -0.336 e. The average molecular weight is 520 g/mol. The molecular weight excluding hydrogens is 502 g/mol. The molecule has 0 aliphatic carbocycles. The number of alkyl halides is 6. The summed E-state index contributed by atoms with van der Waals surface area (Å²) in [5.74, 6) is -0.304. The molecule has 5 rings (SSSR count). The van der Waals surface area contributed by atoms with Crippen molar-refractivity contribution in [2.24, 2.45) is 0 Å². The molecule has 0 atom stereocenters. The largest absolute Gasteiger partial charge is 0.417 e. The van der Waals surface area contributed by atoms with E-state index in [2.05, 4.69) is 15.1 Å². The van der Waals surface area contributed by atoms with Crippen molar-refractivity contribution < 1.29 is 31.1 Å². The molecule has 0 saturated carbocycles. The van der Waals surface area contributed by atoms with Gasteiger partial charge >= 0.3 is 12.4 Å². The lowest BCUT2D eigenvalue weighted by Crippen LogP contribution is -2.49. The average Bonchev–Trinajstić information content (AvgIpc) is 3.32. The highest BCUT2D eigenvalue weighted by Crippen LogP contribution is 2.33. The number of piperazine rings is 1. The number of rotatable bonds is 3. The van der Waals surface area contributed by atoms with Crippen LogP contribution in [0.1, 0.15) is 21.5 Å². The second-order valence-corrected chi connectivity index (χ2v) is 8.35. The number of halogens is 6. The normalized spacial score (nSPS) is 14.9. The molecule has 0 unspecified atom stereocenters. The van der Waals surface area contributed by atoms with Crippen LogP contribution >= 0.6 is 0 Å². The number of benzene rings is 2. The van der Waals surface area contributed by atoms with Gasteiger partial charge in [0.2, 0.25) is 5.95 Å². The summed E-state index contributed by atoms with van der Waals surface area (Å²) in [5.41, 5.74) is -1.57. The fourth-order valence-corrected chi connectivity index (χ4v) is 4.19. The Morgan fingerprint density at radius 1 is 0.838 bits per heavy atom. The number of hydrogen-bond acceptors (Lipinski definition) is 5. The number of aromatic nitrogens is 4. The first-order chi connectivity index (χ1) is 17.5. The molecule has 13 heteroatoms. The number of carbonyl (C=O) groups excluding carboxylic acids is 1. The lowest BCUT2D eigenvalue weighted by Gasteiger charge is -2.34. The summed E-state index contributed by atoms with van der Waals surface area (Å²) in [7, 11) is 0. The van der Waals surface area contributed by atoms with Crippen LogP contribution in [0, 0.1) is 0 Å². The van der Waals surface area contributed by atoms with Crippen molar-refractivity contribution in [1.82, 2.24) is 24.5 Å². The minimum absolute atomic E-state index is 0.133. The number of amides is 1. The predicted octanol–water partition coefficient (Wildman–Crippen LogP) is 4.79. The van der Waals surface area contributed by atoms with Crippen molar-refractivity contribution in [2.45, 2.75) is 12.4 Å². The molecule has 1 amide bonds. The molecule has 0 radical (unpaired) electrons. The maximum absolute atomic E-state index is 13.3. The molecular formula is C24H18F6N6O. The Hall–Kier alpha value is -4.16. The van der Waals surface area contributed by atoms with E-state index in [1.54, 1.807) is 4.90 Å². The first kappa shape index (κ1) is 24.5. The third kappa shape index (κ3) is 4.80. The third-order valence-electron chi connectivity index (χ3n) is 6.03. The summed E-state index contributed by atoms with van der Waals surface area (Å²) in [4.78, 5) is 24.4. The summed E-state index contributed by atoms with van der Waals surface area (Å²) in [6.07, 6.45) is -7.75. The molecule has 2 aromatic carbocycles. The van der Waals surface area contributed by atoms with E-state index in [0.29, 0.717) is 5.69 Å². The predicted molar refractivity (Wildman–Crippen MR) is 121 cm³/mol. The maximum Gasteiger partial charge on any atom is 0.417 e. The van der Waals surface area contributed by atoms with E-state index in [-0.39, 0.29) is 43.5 Å². The van der Waals surface area contributed by atoms with Crippen molar-refractivity contribution in [3.63, 3.8) is 0 Å².